The molecule has 0 aromatic carbocycles. The van der Waals surface area contributed by atoms with Gasteiger partial charge >= 0.3 is 0 Å². The van der Waals surface area contributed by atoms with Crippen LogP contribution in [-0.4, -0.2) is 51.2 Å². The summed E-state index contributed by atoms with van der Waals surface area (Å²) in [5, 5.41) is 0. The van der Waals surface area contributed by atoms with Gasteiger partial charge in [-0.1, -0.05) is 13.8 Å². The Kier molecular flexibility index (Phi) is 4.29. The number of carbonyl (C=O) groups is 2. The number of piperidine rings is 1. The van der Waals surface area contributed by atoms with Gasteiger partial charge in [-0.25, -0.2) is 4.98 Å². The molecule has 3 aliphatic rings. The molecular formula is C19H28N4O2. The summed E-state index contributed by atoms with van der Waals surface area (Å²) in [6, 6.07) is 0.0584. The highest BCUT2D eigenvalue weighted by atomic mass is 16.2. The van der Waals surface area contributed by atoms with Gasteiger partial charge in [0.05, 0.1) is 18.1 Å². The fourth-order valence-electron chi connectivity index (χ4n) is 4.39. The van der Waals surface area contributed by atoms with Gasteiger partial charge in [0.1, 0.15) is 0 Å². The minimum absolute atomic E-state index is 0.000440. The third-order valence-corrected chi connectivity index (χ3v) is 5.97. The molecule has 2 amide bonds. The molecular weight excluding hydrogens is 316 g/mol. The van der Waals surface area contributed by atoms with Crippen molar-refractivity contribution in [1.29, 1.82) is 0 Å². The second kappa shape index (κ2) is 6.46. The lowest BCUT2D eigenvalue weighted by atomic mass is 9.83. The van der Waals surface area contributed by atoms with Crippen LogP contribution in [-0.2, 0) is 16.0 Å². The summed E-state index contributed by atoms with van der Waals surface area (Å²) in [5.41, 5.74) is 2.22. The van der Waals surface area contributed by atoms with Crippen molar-refractivity contribution in [3.05, 3.63) is 17.7 Å². The highest BCUT2D eigenvalue weighted by Crippen LogP contribution is 2.40. The Morgan fingerprint density at radius 3 is 2.52 bits per heavy atom. The predicted molar refractivity (Wildman–Crippen MR) is 93.6 cm³/mol. The second-order valence-electron chi connectivity index (χ2n) is 8.08. The number of aromatic nitrogens is 2. The number of fused-ring (bicyclic) bond motifs is 1. The molecule has 1 unspecified atom stereocenters. The van der Waals surface area contributed by atoms with E-state index in [-0.39, 0.29) is 17.9 Å². The Balaban J connectivity index is 1.52. The standard InChI is InChI=1S/C19H28N4O2/c1-12(2)18(24)23-10-7-15-16(21-11-20-15)17(23)13-5-8-22(9-6-13)19(25)14-3-4-14/h11-14,17H,3-10H2,1-2H3,(H,20,21). The topological polar surface area (TPSA) is 69.3 Å². The van der Waals surface area contributed by atoms with E-state index in [0.29, 0.717) is 17.7 Å². The minimum Gasteiger partial charge on any atom is -0.348 e. The molecule has 3 heterocycles. The maximum atomic E-state index is 12.8. The molecule has 25 heavy (non-hydrogen) atoms. The number of H-pyrrole nitrogens is 1. The first-order chi connectivity index (χ1) is 12.1. The van der Waals surface area contributed by atoms with Gasteiger partial charge in [-0.15, -0.1) is 0 Å². The van der Waals surface area contributed by atoms with Gasteiger partial charge in [0, 0.05) is 43.6 Å². The number of amides is 2. The Hall–Kier alpha value is -1.85. The zero-order chi connectivity index (χ0) is 17.6. The molecule has 1 aromatic heterocycles. The maximum Gasteiger partial charge on any atom is 0.225 e. The van der Waals surface area contributed by atoms with Gasteiger partial charge in [-0.3, -0.25) is 9.59 Å². The van der Waals surface area contributed by atoms with Crippen LogP contribution < -0.4 is 0 Å². The lowest BCUT2D eigenvalue weighted by molar-refractivity contribution is -0.141. The number of nitrogens with one attached hydrogen (secondary N) is 1. The molecule has 2 fully saturated rings. The molecule has 1 aromatic rings. The van der Waals surface area contributed by atoms with E-state index in [1.807, 2.05) is 18.7 Å². The monoisotopic (exact) mass is 344 g/mol. The van der Waals surface area contributed by atoms with Gasteiger partial charge in [0.2, 0.25) is 11.8 Å². The predicted octanol–water partition coefficient (Wildman–Crippen LogP) is 2.14. The summed E-state index contributed by atoms with van der Waals surface area (Å²) in [6.07, 6.45) is 6.65. The average molecular weight is 344 g/mol. The van der Waals surface area contributed by atoms with Crippen molar-refractivity contribution in [2.45, 2.75) is 52.0 Å². The van der Waals surface area contributed by atoms with Gasteiger partial charge in [0.25, 0.3) is 0 Å². The SMILES string of the molecule is CC(C)C(=O)N1CCc2[nH]cnc2C1C1CCN(C(=O)C2CC2)CC1. The number of hydrogen-bond donors (Lipinski definition) is 1. The zero-order valence-corrected chi connectivity index (χ0v) is 15.2. The highest BCUT2D eigenvalue weighted by Gasteiger charge is 2.41. The van der Waals surface area contributed by atoms with Gasteiger partial charge in [-0.2, -0.15) is 0 Å². The normalized spacial score (nSPS) is 24.5. The maximum absolute atomic E-state index is 12.8. The second-order valence-corrected chi connectivity index (χ2v) is 8.08. The molecule has 1 atom stereocenters. The van der Waals surface area contributed by atoms with E-state index in [0.717, 1.165) is 57.4 Å². The van der Waals surface area contributed by atoms with Gasteiger partial charge in [-0.05, 0) is 31.6 Å². The van der Waals surface area contributed by atoms with E-state index < -0.39 is 0 Å². The quantitative estimate of drug-likeness (QED) is 0.913. The fourth-order valence-corrected chi connectivity index (χ4v) is 4.39. The molecule has 0 radical (unpaired) electrons. The number of nitrogens with zero attached hydrogens (tertiary/aromatic N) is 3. The van der Waals surface area contributed by atoms with E-state index in [2.05, 4.69) is 14.9 Å². The number of rotatable bonds is 3. The van der Waals surface area contributed by atoms with E-state index in [4.69, 9.17) is 0 Å². The summed E-state index contributed by atoms with van der Waals surface area (Å²) < 4.78 is 0. The average Bonchev–Trinajstić information content (AvgIpc) is 3.37. The molecule has 0 bridgehead atoms. The van der Waals surface area contributed by atoms with Crippen molar-refractivity contribution < 1.29 is 9.59 Å². The Morgan fingerprint density at radius 1 is 1.16 bits per heavy atom. The first-order valence-electron chi connectivity index (χ1n) is 9.67. The fraction of sp³-hybridized carbons (Fsp3) is 0.737. The molecule has 0 spiro atoms. The van der Waals surface area contributed by atoms with Crippen LogP contribution in [0.1, 0.15) is 57.0 Å². The van der Waals surface area contributed by atoms with Crippen molar-refractivity contribution in [3.8, 4) is 0 Å². The van der Waals surface area contributed by atoms with Gasteiger partial charge < -0.3 is 14.8 Å². The number of aromatic amines is 1. The van der Waals surface area contributed by atoms with Crippen molar-refractivity contribution >= 4 is 11.8 Å². The lowest BCUT2D eigenvalue weighted by Gasteiger charge is -2.43. The van der Waals surface area contributed by atoms with E-state index in [1.165, 1.54) is 5.69 Å². The molecule has 136 valence electrons. The molecule has 1 saturated heterocycles. The van der Waals surface area contributed by atoms with Crippen LogP contribution in [0.2, 0.25) is 0 Å². The summed E-state index contributed by atoms with van der Waals surface area (Å²) in [5.74, 6) is 1.24. The van der Waals surface area contributed by atoms with Crippen molar-refractivity contribution in [3.63, 3.8) is 0 Å². The minimum atomic E-state index is -0.000440. The van der Waals surface area contributed by atoms with Gasteiger partial charge in [0.15, 0.2) is 0 Å². The molecule has 6 nitrogen and oxygen atoms in total. The highest BCUT2D eigenvalue weighted by molar-refractivity contribution is 5.81. The third kappa shape index (κ3) is 3.07. The van der Waals surface area contributed by atoms with Crippen molar-refractivity contribution in [2.75, 3.05) is 19.6 Å². The molecule has 1 N–H and O–H groups in total. The van der Waals surface area contributed by atoms with Crippen LogP contribution in [0.15, 0.2) is 6.33 Å². The molecule has 6 heteroatoms. The van der Waals surface area contributed by atoms with Crippen molar-refractivity contribution in [1.82, 2.24) is 19.8 Å². The van der Waals surface area contributed by atoms with Crippen LogP contribution in [0.25, 0.3) is 0 Å². The Labute approximate surface area is 149 Å². The van der Waals surface area contributed by atoms with E-state index >= 15 is 0 Å². The van der Waals surface area contributed by atoms with Crippen LogP contribution in [0.5, 0.6) is 0 Å². The Morgan fingerprint density at radius 2 is 1.88 bits per heavy atom. The summed E-state index contributed by atoms with van der Waals surface area (Å²) >= 11 is 0. The third-order valence-electron chi connectivity index (χ3n) is 5.97. The lowest BCUT2D eigenvalue weighted by Crippen LogP contribution is -2.48. The van der Waals surface area contributed by atoms with Crippen LogP contribution in [0.4, 0.5) is 0 Å². The Bertz CT molecular complexity index is 656. The number of likely N-dealkylation sites (tertiary alicyclic amines) is 1. The number of hydrogen-bond acceptors (Lipinski definition) is 3. The van der Waals surface area contributed by atoms with E-state index in [9.17, 15) is 9.59 Å². The summed E-state index contributed by atoms with van der Waals surface area (Å²) in [7, 11) is 0. The molecule has 4 rings (SSSR count). The van der Waals surface area contributed by atoms with Crippen LogP contribution in [0, 0.1) is 17.8 Å². The zero-order valence-electron chi connectivity index (χ0n) is 15.2. The number of imidazole rings is 1. The molecule has 1 saturated carbocycles. The summed E-state index contributed by atoms with van der Waals surface area (Å²) in [6.45, 7) is 6.34. The number of carbonyl (C=O) groups excluding carboxylic acids is 2. The first-order valence-corrected chi connectivity index (χ1v) is 9.67. The largest absolute Gasteiger partial charge is 0.348 e. The smallest absolute Gasteiger partial charge is 0.225 e. The first kappa shape index (κ1) is 16.6. The van der Waals surface area contributed by atoms with E-state index in [1.54, 1.807) is 6.33 Å². The van der Waals surface area contributed by atoms with Crippen LogP contribution in [0.3, 0.4) is 0 Å². The molecule has 2 aliphatic heterocycles. The van der Waals surface area contributed by atoms with Crippen LogP contribution >= 0.6 is 0 Å². The summed E-state index contributed by atoms with van der Waals surface area (Å²) in [4.78, 5) is 37.0. The molecule has 1 aliphatic carbocycles. The van der Waals surface area contributed by atoms with Crippen molar-refractivity contribution in [2.24, 2.45) is 17.8 Å².